The lowest BCUT2D eigenvalue weighted by Crippen LogP contribution is -2.31. The highest BCUT2D eigenvalue weighted by Crippen LogP contribution is 2.57. The molecular formula is C22H19F2N3O2. The van der Waals surface area contributed by atoms with E-state index in [1.165, 1.54) is 16.8 Å². The van der Waals surface area contributed by atoms with E-state index in [4.69, 9.17) is 0 Å². The van der Waals surface area contributed by atoms with E-state index in [-0.39, 0.29) is 23.9 Å². The van der Waals surface area contributed by atoms with Crippen molar-refractivity contribution >= 4 is 5.91 Å². The van der Waals surface area contributed by atoms with Crippen LogP contribution in [0.4, 0.5) is 8.78 Å². The van der Waals surface area contributed by atoms with Gasteiger partial charge in [-0.3, -0.25) is 4.79 Å². The van der Waals surface area contributed by atoms with Crippen LogP contribution in [0.2, 0.25) is 0 Å². The molecule has 0 aliphatic heterocycles. The first-order valence-corrected chi connectivity index (χ1v) is 9.60. The molecule has 1 fully saturated rings. The van der Waals surface area contributed by atoms with Crippen LogP contribution in [0.15, 0.2) is 48.5 Å². The van der Waals surface area contributed by atoms with Crippen molar-refractivity contribution in [3.8, 4) is 5.69 Å². The molecule has 2 aromatic carbocycles. The number of aromatic nitrogens is 2. The van der Waals surface area contributed by atoms with Gasteiger partial charge in [-0.15, -0.1) is 0 Å². The van der Waals surface area contributed by atoms with Crippen LogP contribution in [0.1, 0.15) is 45.7 Å². The van der Waals surface area contributed by atoms with Crippen LogP contribution in [0.25, 0.3) is 5.69 Å². The van der Waals surface area contributed by atoms with Crippen molar-refractivity contribution in [3.63, 3.8) is 0 Å². The number of amides is 1. The van der Waals surface area contributed by atoms with Crippen molar-refractivity contribution in [2.75, 3.05) is 6.61 Å². The number of aliphatic hydroxyl groups is 1. The second kappa shape index (κ2) is 6.77. The molecule has 5 nitrogen and oxygen atoms in total. The Bertz CT molecular complexity index is 1100. The number of hydrogen-bond acceptors (Lipinski definition) is 3. The smallest absolute Gasteiger partial charge is 0.272 e. The summed E-state index contributed by atoms with van der Waals surface area (Å²) in [5.41, 5.74) is 2.82. The van der Waals surface area contributed by atoms with Crippen LogP contribution in [0.3, 0.4) is 0 Å². The largest absolute Gasteiger partial charge is 0.394 e. The number of benzene rings is 2. The van der Waals surface area contributed by atoms with Gasteiger partial charge in [-0.25, -0.2) is 13.5 Å². The van der Waals surface area contributed by atoms with E-state index in [0.29, 0.717) is 5.92 Å². The van der Waals surface area contributed by atoms with Gasteiger partial charge in [-0.2, -0.15) is 5.10 Å². The number of aliphatic hydroxyl groups excluding tert-OH is 1. The second-order valence-electron chi connectivity index (χ2n) is 7.65. The van der Waals surface area contributed by atoms with Crippen molar-refractivity contribution in [2.45, 2.75) is 24.8 Å². The summed E-state index contributed by atoms with van der Waals surface area (Å²) in [4.78, 5) is 13.0. The lowest BCUT2D eigenvalue weighted by Gasteiger charge is -2.16. The van der Waals surface area contributed by atoms with Gasteiger partial charge in [0, 0.05) is 17.5 Å². The number of nitrogens with one attached hydrogen (secondary N) is 1. The number of halogens is 2. The zero-order valence-electron chi connectivity index (χ0n) is 15.5. The summed E-state index contributed by atoms with van der Waals surface area (Å²) in [6.45, 7) is -0.253. The van der Waals surface area contributed by atoms with Crippen molar-refractivity contribution in [2.24, 2.45) is 5.92 Å². The molecule has 1 amide bonds. The number of hydrogen-bond donors (Lipinski definition) is 2. The summed E-state index contributed by atoms with van der Waals surface area (Å²) in [7, 11) is 0. The van der Waals surface area contributed by atoms with Crippen molar-refractivity contribution in [1.29, 1.82) is 0 Å². The molecule has 0 saturated heterocycles. The maximum Gasteiger partial charge on any atom is 0.272 e. The third kappa shape index (κ3) is 3.02. The highest BCUT2D eigenvalue weighted by Gasteiger charge is 2.50. The molecule has 0 unspecified atom stereocenters. The van der Waals surface area contributed by atoms with E-state index < -0.39 is 23.6 Å². The molecule has 2 aliphatic rings. The summed E-state index contributed by atoms with van der Waals surface area (Å²) in [5, 5.41) is 17.0. The quantitative estimate of drug-likeness (QED) is 0.697. The molecule has 2 aliphatic carbocycles. The van der Waals surface area contributed by atoms with Gasteiger partial charge < -0.3 is 10.4 Å². The first kappa shape index (κ1) is 18.0. The number of nitrogens with zero attached hydrogens (tertiary/aromatic N) is 2. The Morgan fingerprint density at radius 2 is 2.03 bits per heavy atom. The zero-order chi connectivity index (χ0) is 20.1. The fourth-order valence-electron chi connectivity index (χ4n) is 4.28. The third-order valence-corrected chi connectivity index (χ3v) is 5.81. The third-order valence-electron chi connectivity index (χ3n) is 5.81. The van der Waals surface area contributed by atoms with E-state index >= 15 is 0 Å². The van der Waals surface area contributed by atoms with Crippen LogP contribution in [0, 0.1) is 17.6 Å². The van der Waals surface area contributed by atoms with Crippen LogP contribution in [-0.2, 0) is 6.42 Å². The Kier molecular flexibility index (Phi) is 4.20. The van der Waals surface area contributed by atoms with Gasteiger partial charge >= 0.3 is 0 Å². The molecule has 3 aromatic rings. The highest BCUT2D eigenvalue weighted by atomic mass is 19.1. The average Bonchev–Trinajstić information content (AvgIpc) is 3.23. The monoisotopic (exact) mass is 395 g/mol. The molecule has 29 heavy (non-hydrogen) atoms. The Hall–Kier alpha value is -3.06. The second-order valence-corrected chi connectivity index (χ2v) is 7.65. The maximum atomic E-state index is 14.4. The molecule has 5 rings (SSSR count). The zero-order valence-corrected chi connectivity index (χ0v) is 15.5. The van der Waals surface area contributed by atoms with Gasteiger partial charge in [0.25, 0.3) is 5.91 Å². The minimum Gasteiger partial charge on any atom is -0.394 e. The first-order chi connectivity index (χ1) is 14.1. The fraction of sp³-hybridized carbons (Fsp3) is 0.273. The number of carbonyl (C=O) groups excluding carboxylic acids is 1. The van der Waals surface area contributed by atoms with E-state index in [1.807, 2.05) is 30.3 Å². The van der Waals surface area contributed by atoms with Crippen molar-refractivity contribution < 1.29 is 18.7 Å². The number of fused-ring (bicyclic) bond motifs is 3. The van der Waals surface area contributed by atoms with Gasteiger partial charge in [0.05, 0.1) is 18.3 Å². The summed E-state index contributed by atoms with van der Waals surface area (Å²) in [5.74, 6) is -1.08. The van der Waals surface area contributed by atoms with Crippen LogP contribution in [0.5, 0.6) is 0 Å². The minimum absolute atomic E-state index is 0.135. The minimum atomic E-state index is -0.719. The topological polar surface area (TPSA) is 67.2 Å². The first-order valence-electron chi connectivity index (χ1n) is 9.60. The summed E-state index contributed by atoms with van der Waals surface area (Å²) in [6, 6.07) is 12.0. The van der Waals surface area contributed by atoms with Gasteiger partial charge in [0.15, 0.2) is 11.5 Å². The molecule has 1 saturated carbocycles. The lowest BCUT2D eigenvalue weighted by molar-refractivity contribution is 0.0909. The van der Waals surface area contributed by atoms with Crippen molar-refractivity contribution in [1.82, 2.24) is 15.1 Å². The van der Waals surface area contributed by atoms with Gasteiger partial charge in [-0.05, 0) is 36.5 Å². The van der Waals surface area contributed by atoms with E-state index in [9.17, 15) is 18.7 Å². The SMILES string of the molecule is O=C(N[C@H](CO)c1ccccc1)c1nn(-c2ccc(F)cc2F)c2c1C[C@@H]1C[C@H]21. The Morgan fingerprint density at radius 3 is 2.76 bits per heavy atom. The predicted molar refractivity (Wildman–Crippen MR) is 102 cm³/mol. The highest BCUT2D eigenvalue weighted by molar-refractivity contribution is 5.94. The maximum absolute atomic E-state index is 14.4. The van der Waals surface area contributed by atoms with Crippen LogP contribution < -0.4 is 5.32 Å². The molecular weight excluding hydrogens is 376 g/mol. The Morgan fingerprint density at radius 1 is 1.24 bits per heavy atom. The van der Waals surface area contributed by atoms with Gasteiger partial charge in [0.2, 0.25) is 0 Å². The summed E-state index contributed by atoms with van der Waals surface area (Å²) < 4.78 is 29.2. The standard InChI is InChI=1S/C22H19F2N3O2/c23-14-6-7-19(17(24)10-14)27-21-15-8-13(15)9-16(21)20(26-27)22(29)25-18(11-28)12-4-2-1-3-5-12/h1-7,10,13,15,18,28H,8-9,11H2,(H,25,29)/t13-,15-,18+/m0/s1. The fourth-order valence-corrected chi connectivity index (χ4v) is 4.28. The van der Waals surface area contributed by atoms with E-state index in [2.05, 4.69) is 10.4 Å². The van der Waals surface area contributed by atoms with Crippen LogP contribution >= 0.6 is 0 Å². The molecule has 3 atom stereocenters. The molecule has 148 valence electrons. The molecule has 7 heteroatoms. The molecule has 0 bridgehead atoms. The molecule has 0 spiro atoms. The Labute approximate surface area is 166 Å². The summed E-state index contributed by atoms with van der Waals surface area (Å²) >= 11 is 0. The van der Waals surface area contributed by atoms with Crippen molar-refractivity contribution in [3.05, 3.63) is 82.7 Å². The molecule has 1 aromatic heterocycles. The van der Waals surface area contributed by atoms with E-state index in [1.54, 1.807) is 0 Å². The average molecular weight is 395 g/mol. The molecule has 1 heterocycles. The van der Waals surface area contributed by atoms with E-state index in [0.717, 1.165) is 35.7 Å². The van der Waals surface area contributed by atoms with Crippen LogP contribution in [-0.4, -0.2) is 27.4 Å². The van der Waals surface area contributed by atoms with Gasteiger partial charge in [-0.1, -0.05) is 30.3 Å². The number of carbonyl (C=O) groups is 1. The lowest BCUT2D eigenvalue weighted by atomic mass is 10.1. The predicted octanol–water partition coefficient (Wildman–Crippen LogP) is 3.27. The molecule has 2 N–H and O–H groups in total. The van der Waals surface area contributed by atoms with Gasteiger partial charge in [0.1, 0.15) is 11.5 Å². The number of rotatable bonds is 5. The normalized spacial score (nSPS) is 20.1. The molecule has 0 radical (unpaired) electrons. The summed E-state index contributed by atoms with van der Waals surface area (Å²) in [6.07, 6.45) is 1.71. The Balaban J connectivity index is 1.51.